The molecule has 1 N–H and O–H groups in total. The molecule has 4 heteroatoms. The van der Waals surface area contributed by atoms with Crippen molar-refractivity contribution in [2.45, 2.75) is 44.7 Å². The van der Waals surface area contributed by atoms with E-state index in [1.807, 2.05) is 36.4 Å². The van der Waals surface area contributed by atoms with Crippen LogP contribution in [0, 0.1) is 0 Å². The fourth-order valence-corrected chi connectivity index (χ4v) is 4.18. The second kappa shape index (κ2) is 7.57. The van der Waals surface area contributed by atoms with Gasteiger partial charge < -0.3 is 9.52 Å². The monoisotopic (exact) mass is 363 g/mol. The summed E-state index contributed by atoms with van der Waals surface area (Å²) < 4.78 is 5.58. The highest BCUT2D eigenvalue weighted by Gasteiger charge is 2.21. The van der Waals surface area contributed by atoms with E-state index in [0.29, 0.717) is 23.7 Å². The van der Waals surface area contributed by atoms with E-state index in [0.717, 1.165) is 16.5 Å². The van der Waals surface area contributed by atoms with E-state index in [9.17, 15) is 9.90 Å². The third-order valence-corrected chi connectivity index (χ3v) is 5.68. The van der Waals surface area contributed by atoms with E-state index in [1.54, 1.807) is 6.07 Å². The van der Waals surface area contributed by atoms with Crippen LogP contribution in [0.5, 0.6) is 5.75 Å². The van der Waals surface area contributed by atoms with Gasteiger partial charge in [0.25, 0.3) is 0 Å². The van der Waals surface area contributed by atoms with Gasteiger partial charge in [-0.3, -0.25) is 4.90 Å². The fraction of sp³-hybridized carbons (Fsp3) is 0.348. The Morgan fingerprint density at radius 1 is 1.07 bits per heavy atom. The number of hydrogen-bond donors (Lipinski definition) is 1. The summed E-state index contributed by atoms with van der Waals surface area (Å²) in [4.78, 5) is 14.5. The molecule has 0 bridgehead atoms. The van der Waals surface area contributed by atoms with E-state index in [2.05, 4.69) is 11.9 Å². The van der Waals surface area contributed by atoms with Gasteiger partial charge in [-0.05, 0) is 43.1 Å². The van der Waals surface area contributed by atoms with Gasteiger partial charge in [0, 0.05) is 24.0 Å². The highest BCUT2D eigenvalue weighted by Crippen LogP contribution is 2.34. The standard InChI is InChI=1S/C23H25NO3/c1-24(17-10-6-3-7-11-17)15-20-21(25)13-12-18-19(14-22(26)27-23(18)20)16-8-4-2-5-9-16/h2,4-5,8-9,12-14,17,25H,3,6-7,10-11,15H2,1H3. The number of rotatable bonds is 4. The summed E-state index contributed by atoms with van der Waals surface area (Å²) in [7, 11) is 2.09. The van der Waals surface area contributed by atoms with E-state index in [-0.39, 0.29) is 5.75 Å². The van der Waals surface area contributed by atoms with Crippen LogP contribution < -0.4 is 5.63 Å². The molecule has 27 heavy (non-hydrogen) atoms. The van der Waals surface area contributed by atoms with Crippen LogP contribution >= 0.6 is 0 Å². The van der Waals surface area contributed by atoms with Crippen LogP contribution in [0.2, 0.25) is 0 Å². The van der Waals surface area contributed by atoms with Gasteiger partial charge in [0.1, 0.15) is 11.3 Å². The van der Waals surface area contributed by atoms with Crippen molar-refractivity contribution in [2.75, 3.05) is 7.05 Å². The van der Waals surface area contributed by atoms with Crippen molar-refractivity contribution in [1.29, 1.82) is 0 Å². The Morgan fingerprint density at radius 2 is 1.81 bits per heavy atom. The first kappa shape index (κ1) is 17.8. The zero-order chi connectivity index (χ0) is 18.8. The van der Waals surface area contributed by atoms with Crippen molar-refractivity contribution >= 4 is 11.0 Å². The first-order valence-corrected chi connectivity index (χ1v) is 9.68. The van der Waals surface area contributed by atoms with Gasteiger partial charge in [-0.2, -0.15) is 0 Å². The summed E-state index contributed by atoms with van der Waals surface area (Å²) >= 11 is 0. The average Bonchev–Trinajstić information content (AvgIpc) is 2.71. The Balaban J connectivity index is 1.80. The maximum atomic E-state index is 12.3. The highest BCUT2D eigenvalue weighted by atomic mass is 16.4. The number of phenolic OH excluding ortho intramolecular Hbond substituents is 1. The largest absolute Gasteiger partial charge is 0.507 e. The SMILES string of the molecule is CN(Cc1c(O)ccc2c(-c3ccccc3)cc(=O)oc12)C1CCCCC1. The molecule has 2 aromatic carbocycles. The van der Waals surface area contributed by atoms with Crippen LogP contribution in [0.4, 0.5) is 0 Å². The van der Waals surface area contributed by atoms with E-state index in [4.69, 9.17) is 4.42 Å². The van der Waals surface area contributed by atoms with Crippen LogP contribution in [0.3, 0.4) is 0 Å². The van der Waals surface area contributed by atoms with Gasteiger partial charge in [0.15, 0.2) is 0 Å². The van der Waals surface area contributed by atoms with E-state index < -0.39 is 5.63 Å². The molecule has 0 aliphatic heterocycles. The lowest BCUT2D eigenvalue weighted by Crippen LogP contribution is -2.33. The van der Waals surface area contributed by atoms with Crippen molar-refractivity contribution in [3.05, 3.63) is 64.5 Å². The molecule has 3 aromatic rings. The van der Waals surface area contributed by atoms with Crippen molar-refractivity contribution < 1.29 is 9.52 Å². The molecule has 0 amide bonds. The predicted molar refractivity (Wildman–Crippen MR) is 108 cm³/mol. The lowest BCUT2D eigenvalue weighted by Gasteiger charge is -2.31. The van der Waals surface area contributed by atoms with E-state index in [1.165, 1.54) is 38.2 Å². The molecule has 1 saturated carbocycles. The summed E-state index contributed by atoms with van der Waals surface area (Å²) in [6.45, 7) is 0.565. The van der Waals surface area contributed by atoms with Crippen LogP contribution in [0.15, 0.2) is 57.7 Å². The van der Waals surface area contributed by atoms with Gasteiger partial charge in [-0.25, -0.2) is 4.79 Å². The summed E-state index contributed by atoms with van der Waals surface area (Å²) in [5.74, 6) is 0.179. The normalized spacial score (nSPS) is 15.5. The smallest absolute Gasteiger partial charge is 0.336 e. The molecule has 140 valence electrons. The summed E-state index contributed by atoms with van der Waals surface area (Å²) in [5.41, 5.74) is 2.59. The molecule has 0 unspecified atom stereocenters. The maximum absolute atomic E-state index is 12.3. The zero-order valence-corrected chi connectivity index (χ0v) is 15.6. The minimum atomic E-state index is -0.395. The van der Waals surface area contributed by atoms with Crippen LogP contribution in [0.25, 0.3) is 22.1 Å². The topological polar surface area (TPSA) is 53.7 Å². The molecule has 0 atom stereocenters. The van der Waals surface area contributed by atoms with Gasteiger partial charge >= 0.3 is 5.63 Å². The Hall–Kier alpha value is -2.59. The molecule has 0 spiro atoms. The average molecular weight is 363 g/mol. The third-order valence-electron chi connectivity index (χ3n) is 5.68. The number of phenols is 1. The second-order valence-corrected chi connectivity index (χ2v) is 7.49. The molecule has 1 aromatic heterocycles. The molecule has 1 fully saturated rings. The molecule has 4 rings (SSSR count). The Kier molecular flexibility index (Phi) is 4.99. The second-order valence-electron chi connectivity index (χ2n) is 7.49. The summed E-state index contributed by atoms with van der Waals surface area (Å²) in [6.07, 6.45) is 6.18. The molecule has 4 nitrogen and oxygen atoms in total. The van der Waals surface area contributed by atoms with Gasteiger partial charge in [0.05, 0.1) is 5.56 Å². The first-order chi connectivity index (χ1) is 13.1. The van der Waals surface area contributed by atoms with Crippen molar-refractivity contribution in [3.8, 4) is 16.9 Å². The molecule has 1 heterocycles. The molecule has 0 saturated heterocycles. The molecular formula is C23H25NO3. The Morgan fingerprint density at radius 3 is 2.56 bits per heavy atom. The lowest BCUT2D eigenvalue weighted by molar-refractivity contribution is 0.183. The minimum Gasteiger partial charge on any atom is -0.507 e. The molecule has 1 aliphatic carbocycles. The van der Waals surface area contributed by atoms with Gasteiger partial charge in [-0.15, -0.1) is 0 Å². The third kappa shape index (κ3) is 3.62. The molecule has 1 aliphatic rings. The number of benzene rings is 2. The highest BCUT2D eigenvalue weighted by molar-refractivity contribution is 5.95. The van der Waals surface area contributed by atoms with Crippen LogP contribution in [-0.2, 0) is 6.54 Å². The lowest BCUT2D eigenvalue weighted by atomic mass is 9.94. The van der Waals surface area contributed by atoms with Crippen LogP contribution in [-0.4, -0.2) is 23.1 Å². The van der Waals surface area contributed by atoms with Crippen molar-refractivity contribution in [3.63, 3.8) is 0 Å². The first-order valence-electron chi connectivity index (χ1n) is 9.68. The minimum absolute atomic E-state index is 0.179. The number of nitrogens with zero attached hydrogens (tertiary/aromatic N) is 1. The van der Waals surface area contributed by atoms with Crippen molar-refractivity contribution in [1.82, 2.24) is 4.90 Å². The number of hydrogen-bond acceptors (Lipinski definition) is 4. The van der Waals surface area contributed by atoms with Crippen molar-refractivity contribution in [2.24, 2.45) is 0 Å². The number of fused-ring (bicyclic) bond motifs is 1. The van der Waals surface area contributed by atoms with Crippen LogP contribution in [0.1, 0.15) is 37.7 Å². The molecule has 0 radical (unpaired) electrons. The predicted octanol–water partition coefficient (Wildman–Crippen LogP) is 4.93. The molecular weight excluding hydrogens is 338 g/mol. The Bertz CT molecular complexity index is 988. The summed E-state index contributed by atoms with van der Waals surface area (Å²) in [6, 6.07) is 15.4. The van der Waals surface area contributed by atoms with Gasteiger partial charge in [-0.1, -0.05) is 49.6 Å². The van der Waals surface area contributed by atoms with Gasteiger partial charge in [0.2, 0.25) is 0 Å². The fourth-order valence-electron chi connectivity index (χ4n) is 4.18. The zero-order valence-electron chi connectivity index (χ0n) is 15.6. The summed E-state index contributed by atoms with van der Waals surface area (Å²) in [5, 5.41) is 11.4. The van der Waals surface area contributed by atoms with E-state index >= 15 is 0 Å². The quantitative estimate of drug-likeness (QED) is 0.668. The number of aromatic hydroxyl groups is 1. The maximum Gasteiger partial charge on any atom is 0.336 e. The Labute approximate surface area is 159 Å².